The number of rotatable bonds is 1. The first-order valence-electron chi connectivity index (χ1n) is 4.12. The highest BCUT2D eigenvalue weighted by Crippen LogP contribution is 2.22. The van der Waals surface area contributed by atoms with Crippen LogP contribution in [0.15, 0.2) is 0 Å². The maximum atomic E-state index is 6.00. The zero-order valence-electron chi connectivity index (χ0n) is 7.63. The van der Waals surface area contributed by atoms with Crippen LogP contribution in [0.4, 0.5) is 5.95 Å². The molecule has 5 heteroatoms. The zero-order valence-corrected chi connectivity index (χ0v) is 8.39. The van der Waals surface area contributed by atoms with Crippen LogP contribution in [0, 0.1) is 0 Å². The van der Waals surface area contributed by atoms with Crippen LogP contribution in [0.25, 0.3) is 0 Å². The second-order valence-electron chi connectivity index (χ2n) is 3.24. The molecular weight excluding hydrogens is 188 g/mol. The quantitative estimate of drug-likeness (QED) is 0.678. The predicted molar refractivity (Wildman–Crippen MR) is 51.9 cm³/mol. The van der Waals surface area contributed by atoms with Crippen molar-refractivity contribution in [3.63, 3.8) is 0 Å². The molecular formula is C8H11ClN4. The molecule has 0 amide bonds. The minimum atomic E-state index is 0.568. The van der Waals surface area contributed by atoms with E-state index < -0.39 is 0 Å². The van der Waals surface area contributed by atoms with Gasteiger partial charge in [0.2, 0.25) is 5.95 Å². The molecule has 1 aliphatic heterocycles. The lowest BCUT2D eigenvalue weighted by molar-refractivity contribution is 0.757. The summed E-state index contributed by atoms with van der Waals surface area (Å²) in [6, 6.07) is 0. The molecule has 1 aliphatic rings. The molecule has 13 heavy (non-hydrogen) atoms. The molecule has 1 aromatic heterocycles. The topological polar surface area (TPSA) is 41.1 Å². The molecule has 0 radical (unpaired) electrons. The normalized spacial score (nSPS) is 14.4. The largest absolute Gasteiger partial charge is 0.347 e. The Bertz CT molecular complexity index is 337. The smallest absolute Gasteiger partial charge is 0.226 e. The summed E-state index contributed by atoms with van der Waals surface area (Å²) in [5.41, 5.74) is 2.05. The van der Waals surface area contributed by atoms with Crippen molar-refractivity contribution in [1.82, 2.24) is 15.3 Å². The van der Waals surface area contributed by atoms with Crippen LogP contribution in [0.3, 0.4) is 0 Å². The number of fused-ring (bicyclic) bond motifs is 1. The molecule has 0 spiro atoms. The van der Waals surface area contributed by atoms with E-state index in [0.29, 0.717) is 11.1 Å². The van der Waals surface area contributed by atoms with Crippen molar-refractivity contribution in [3.8, 4) is 0 Å². The van der Waals surface area contributed by atoms with Gasteiger partial charge in [-0.1, -0.05) is 11.6 Å². The lowest BCUT2D eigenvalue weighted by Crippen LogP contribution is -2.14. The Labute approximate surface area is 81.9 Å². The van der Waals surface area contributed by atoms with Gasteiger partial charge in [0.1, 0.15) is 5.15 Å². The second-order valence-corrected chi connectivity index (χ2v) is 3.60. The monoisotopic (exact) mass is 198 g/mol. The minimum Gasteiger partial charge on any atom is -0.347 e. The molecule has 70 valence electrons. The van der Waals surface area contributed by atoms with Gasteiger partial charge in [-0.05, 0) is 0 Å². The van der Waals surface area contributed by atoms with Crippen LogP contribution < -0.4 is 10.2 Å². The van der Waals surface area contributed by atoms with E-state index in [0.717, 1.165) is 24.3 Å². The van der Waals surface area contributed by atoms with Gasteiger partial charge in [-0.15, -0.1) is 0 Å². The number of hydrogen-bond acceptors (Lipinski definition) is 4. The first-order valence-corrected chi connectivity index (χ1v) is 4.49. The van der Waals surface area contributed by atoms with E-state index in [9.17, 15) is 0 Å². The fraction of sp³-hybridized carbons (Fsp3) is 0.500. The first-order chi connectivity index (χ1) is 6.18. The summed E-state index contributed by atoms with van der Waals surface area (Å²) in [5, 5.41) is 3.76. The van der Waals surface area contributed by atoms with E-state index in [2.05, 4.69) is 15.3 Å². The lowest BCUT2D eigenvalue weighted by atomic mass is 10.3. The van der Waals surface area contributed by atoms with Crippen molar-refractivity contribution in [2.75, 3.05) is 19.0 Å². The fourth-order valence-corrected chi connectivity index (χ4v) is 1.57. The summed E-state index contributed by atoms with van der Waals surface area (Å²) < 4.78 is 0. The number of anilines is 1. The van der Waals surface area contributed by atoms with Gasteiger partial charge in [0.05, 0.1) is 5.69 Å². The second kappa shape index (κ2) is 3.12. The van der Waals surface area contributed by atoms with Gasteiger partial charge in [-0.25, -0.2) is 9.97 Å². The van der Waals surface area contributed by atoms with E-state index in [4.69, 9.17) is 11.6 Å². The Hall–Kier alpha value is -0.870. The third kappa shape index (κ3) is 1.47. The van der Waals surface area contributed by atoms with Gasteiger partial charge in [0.25, 0.3) is 0 Å². The molecule has 0 aliphatic carbocycles. The molecule has 0 unspecified atom stereocenters. The molecule has 0 saturated heterocycles. The van der Waals surface area contributed by atoms with Crippen molar-refractivity contribution in [2.45, 2.75) is 13.1 Å². The summed E-state index contributed by atoms with van der Waals surface area (Å²) in [6.07, 6.45) is 0. The summed E-state index contributed by atoms with van der Waals surface area (Å²) in [4.78, 5) is 10.4. The van der Waals surface area contributed by atoms with E-state index in [1.54, 1.807) is 0 Å². The Morgan fingerprint density at radius 2 is 2.08 bits per heavy atom. The number of nitrogens with zero attached hydrogens (tertiary/aromatic N) is 3. The van der Waals surface area contributed by atoms with Crippen LogP contribution in [0.2, 0.25) is 5.15 Å². The molecule has 2 heterocycles. The molecule has 2 rings (SSSR count). The Balaban J connectivity index is 2.49. The van der Waals surface area contributed by atoms with Crippen LogP contribution in [-0.2, 0) is 13.1 Å². The highest BCUT2D eigenvalue weighted by molar-refractivity contribution is 6.30. The van der Waals surface area contributed by atoms with E-state index in [1.807, 2.05) is 19.0 Å². The van der Waals surface area contributed by atoms with Gasteiger partial charge in [0.15, 0.2) is 0 Å². The number of halogens is 1. The SMILES string of the molecule is CN(C)c1nc(Cl)c2c(n1)CNC2. The molecule has 0 saturated carbocycles. The molecule has 0 bridgehead atoms. The third-order valence-corrected chi connectivity index (χ3v) is 2.34. The van der Waals surface area contributed by atoms with Gasteiger partial charge in [-0.3, -0.25) is 0 Å². The minimum absolute atomic E-state index is 0.568. The Morgan fingerprint density at radius 1 is 1.31 bits per heavy atom. The molecule has 4 nitrogen and oxygen atoms in total. The van der Waals surface area contributed by atoms with Crippen molar-refractivity contribution < 1.29 is 0 Å². The first kappa shape index (κ1) is 8.72. The average Bonchev–Trinajstić information content (AvgIpc) is 2.51. The van der Waals surface area contributed by atoms with Gasteiger partial charge in [-0.2, -0.15) is 0 Å². The highest BCUT2D eigenvalue weighted by Gasteiger charge is 2.17. The summed E-state index contributed by atoms with van der Waals surface area (Å²) >= 11 is 6.00. The Morgan fingerprint density at radius 3 is 2.77 bits per heavy atom. The van der Waals surface area contributed by atoms with E-state index in [-0.39, 0.29) is 0 Å². The summed E-state index contributed by atoms with van der Waals surface area (Å²) in [7, 11) is 3.81. The predicted octanol–water partition coefficient (Wildman–Crippen LogP) is 0.799. The average molecular weight is 199 g/mol. The highest BCUT2D eigenvalue weighted by atomic mass is 35.5. The maximum absolute atomic E-state index is 6.00. The summed E-state index contributed by atoms with van der Waals surface area (Å²) in [6.45, 7) is 1.57. The van der Waals surface area contributed by atoms with Crippen molar-refractivity contribution in [2.24, 2.45) is 0 Å². The van der Waals surface area contributed by atoms with Crippen molar-refractivity contribution in [3.05, 3.63) is 16.4 Å². The van der Waals surface area contributed by atoms with Crippen molar-refractivity contribution >= 4 is 17.5 Å². The van der Waals surface area contributed by atoms with Crippen LogP contribution in [0.1, 0.15) is 11.3 Å². The standard InChI is InChI=1S/C8H11ClN4/c1-13(2)8-11-6-4-10-3-5(6)7(9)12-8/h10H,3-4H2,1-2H3. The van der Waals surface area contributed by atoms with Gasteiger partial charge in [0, 0.05) is 32.7 Å². The molecule has 0 atom stereocenters. The summed E-state index contributed by atoms with van der Waals surface area (Å²) in [5.74, 6) is 0.674. The molecule has 1 aromatic rings. The van der Waals surface area contributed by atoms with Gasteiger partial charge >= 0.3 is 0 Å². The van der Waals surface area contributed by atoms with E-state index in [1.165, 1.54) is 0 Å². The van der Waals surface area contributed by atoms with E-state index >= 15 is 0 Å². The third-order valence-electron chi connectivity index (χ3n) is 2.02. The molecule has 1 N–H and O–H groups in total. The zero-order chi connectivity index (χ0) is 9.42. The van der Waals surface area contributed by atoms with Crippen molar-refractivity contribution in [1.29, 1.82) is 0 Å². The van der Waals surface area contributed by atoms with Crippen LogP contribution >= 0.6 is 11.6 Å². The van der Waals surface area contributed by atoms with Crippen LogP contribution in [-0.4, -0.2) is 24.1 Å². The van der Waals surface area contributed by atoms with Gasteiger partial charge < -0.3 is 10.2 Å². The number of aromatic nitrogens is 2. The molecule has 0 aromatic carbocycles. The maximum Gasteiger partial charge on any atom is 0.226 e. The van der Waals surface area contributed by atoms with Crippen LogP contribution in [0.5, 0.6) is 0 Å². The Kier molecular flexibility index (Phi) is 2.09. The number of nitrogens with one attached hydrogen (secondary N) is 1. The number of hydrogen-bond donors (Lipinski definition) is 1. The molecule has 0 fully saturated rings. The lowest BCUT2D eigenvalue weighted by Gasteiger charge is -2.11. The fourth-order valence-electron chi connectivity index (χ4n) is 1.31.